The Hall–Kier alpha value is -3.96. The van der Waals surface area contributed by atoms with Crippen LogP contribution >= 0.6 is 0 Å². The van der Waals surface area contributed by atoms with Crippen LogP contribution in [0.5, 0.6) is 0 Å². The van der Waals surface area contributed by atoms with Crippen molar-refractivity contribution < 1.29 is 17.6 Å². The molecule has 4 aromatic rings. The average molecular weight is 509 g/mol. The number of rotatable bonds is 5. The number of fused-ring (bicyclic) bond motifs is 1. The second-order valence-electron chi connectivity index (χ2n) is 8.76. The molecule has 1 amide bonds. The van der Waals surface area contributed by atoms with Gasteiger partial charge < -0.3 is 20.9 Å². The number of amides is 1. The van der Waals surface area contributed by atoms with Crippen LogP contribution in [0, 0.1) is 5.82 Å². The summed E-state index contributed by atoms with van der Waals surface area (Å²) in [5, 5.41) is 10.0. The van der Waals surface area contributed by atoms with Gasteiger partial charge in [-0.1, -0.05) is 6.07 Å². The van der Waals surface area contributed by atoms with Crippen LogP contribution in [0.25, 0.3) is 10.9 Å². The summed E-state index contributed by atoms with van der Waals surface area (Å²) in [6, 6.07) is 14.5. The molecule has 0 atom stereocenters. The summed E-state index contributed by atoms with van der Waals surface area (Å²) < 4.78 is 39.7. The highest BCUT2D eigenvalue weighted by atomic mass is 32.2. The highest BCUT2D eigenvalue weighted by Crippen LogP contribution is 2.29. The van der Waals surface area contributed by atoms with Crippen molar-refractivity contribution in [2.75, 3.05) is 49.2 Å². The molecule has 3 aromatic carbocycles. The molecular formula is C25H25FN6O3S. The number of sulfone groups is 1. The lowest BCUT2D eigenvalue weighted by atomic mass is 10.1. The SMILES string of the molecule is CN1CCN(c2ccc(C(=O)Nc3n[nH]c4ccc(S(=O)(=O)c5cccc(F)c5)cc34)c(N)c2)CC1. The number of carbonyl (C=O) groups excluding carboxylic acids is 1. The lowest BCUT2D eigenvalue weighted by molar-refractivity contribution is 0.102. The quantitative estimate of drug-likeness (QED) is 0.354. The number of hydrogen-bond donors (Lipinski definition) is 3. The van der Waals surface area contributed by atoms with Gasteiger partial charge in [0.1, 0.15) is 5.82 Å². The first kappa shape index (κ1) is 23.8. The van der Waals surface area contributed by atoms with Crippen LogP contribution < -0.4 is 16.0 Å². The van der Waals surface area contributed by atoms with Gasteiger partial charge in [0.2, 0.25) is 9.84 Å². The van der Waals surface area contributed by atoms with E-state index in [-0.39, 0.29) is 21.2 Å². The molecule has 0 unspecified atom stereocenters. The lowest BCUT2D eigenvalue weighted by Gasteiger charge is -2.34. The Balaban J connectivity index is 1.40. The molecule has 1 aliphatic heterocycles. The van der Waals surface area contributed by atoms with E-state index in [2.05, 4.69) is 32.4 Å². The number of piperazine rings is 1. The topological polar surface area (TPSA) is 124 Å². The van der Waals surface area contributed by atoms with Gasteiger partial charge in [0.25, 0.3) is 5.91 Å². The number of carbonyl (C=O) groups is 1. The van der Waals surface area contributed by atoms with Gasteiger partial charge in [-0.05, 0) is 61.6 Å². The van der Waals surface area contributed by atoms with Crippen molar-refractivity contribution in [1.82, 2.24) is 15.1 Å². The summed E-state index contributed by atoms with van der Waals surface area (Å²) >= 11 is 0. The van der Waals surface area contributed by atoms with Gasteiger partial charge >= 0.3 is 0 Å². The van der Waals surface area contributed by atoms with E-state index in [1.807, 2.05) is 6.07 Å². The summed E-state index contributed by atoms with van der Waals surface area (Å²) in [5.74, 6) is -0.956. The molecule has 11 heteroatoms. The molecule has 186 valence electrons. The molecule has 0 radical (unpaired) electrons. The predicted molar refractivity (Wildman–Crippen MR) is 136 cm³/mol. The first-order valence-corrected chi connectivity index (χ1v) is 12.8. The van der Waals surface area contributed by atoms with Crippen LogP contribution in [0.4, 0.5) is 21.6 Å². The number of nitrogen functional groups attached to an aromatic ring is 1. The molecule has 0 spiro atoms. The molecule has 0 saturated carbocycles. The fourth-order valence-corrected chi connectivity index (χ4v) is 5.54. The minimum atomic E-state index is -3.98. The summed E-state index contributed by atoms with van der Waals surface area (Å²) in [7, 11) is -1.89. The van der Waals surface area contributed by atoms with Crippen LogP contribution in [0.15, 0.2) is 70.5 Å². The number of likely N-dealkylation sites (N-methyl/N-ethyl adjacent to an activating group) is 1. The first-order chi connectivity index (χ1) is 17.2. The van der Waals surface area contributed by atoms with Gasteiger partial charge in [0, 0.05) is 42.9 Å². The van der Waals surface area contributed by atoms with E-state index >= 15 is 0 Å². The number of nitrogens with two attached hydrogens (primary N) is 1. The van der Waals surface area contributed by atoms with Crippen molar-refractivity contribution in [1.29, 1.82) is 0 Å². The molecular weight excluding hydrogens is 483 g/mol. The Morgan fingerprint density at radius 2 is 1.78 bits per heavy atom. The maximum Gasteiger partial charge on any atom is 0.258 e. The van der Waals surface area contributed by atoms with Gasteiger partial charge in [0.05, 0.1) is 20.9 Å². The Bertz CT molecular complexity index is 1560. The zero-order valence-electron chi connectivity index (χ0n) is 19.5. The molecule has 1 saturated heterocycles. The van der Waals surface area contributed by atoms with Crippen LogP contribution in [-0.4, -0.2) is 62.6 Å². The van der Waals surface area contributed by atoms with Gasteiger partial charge in [0.15, 0.2) is 5.82 Å². The Kier molecular flexibility index (Phi) is 6.10. The number of hydrogen-bond acceptors (Lipinski definition) is 7. The number of aromatic amines is 1. The largest absolute Gasteiger partial charge is 0.398 e. The molecule has 5 rings (SSSR count). The Labute approximate surface area is 207 Å². The standard InChI is InChI=1S/C25H25FN6O3S/c1-31-9-11-32(12-10-31)17-5-7-20(22(27)14-17)25(33)28-24-21-15-19(6-8-23(21)29-30-24)36(34,35)18-4-2-3-16(26)13-18/h2-8,13-15H,9-12,27H2,1H3,(H2,28,29,30,33). The van der Waals surface area contributed by atoms with Crippen molar-refractivity contribution in [2.24, 2.45) is 0 Å². The molecule has 1 aliphatic rings. The van der Waals surface area contributed by atoms with Crippen LogP contribution in [0.3, 0.4) is 0 Å². The third-order valence-electron chi connectivity index (χ3n) is 6.33. The number of nitrogens with one attached hydrogen (secondary N) is 2. The van der Waals surface area contributed by atoms with Crippen molar-refractivity contribution in [2.45, 2.75) is 9.79 Å². The molecule has 0 aliphatic carbocycles. The number of halogens is 1. The molecule has 2 heterocycles. The van der Waals surface area contributed by atoms with Crippen molar-refractivity contribution in [3.63, 3.8) is 0 Å². The molecule has 4 N–H and O–H groups in total. The number of anilines is 3. The highest BCUT2D eigenvalue weighted by Gasteiger charge is 2.22. The maximum atomic E-state index is 13.6. The summed E-state index contributed by atoms with van der Waals surface area (Å²) in [6.45, 7) is 3.65. The first-order valence-electron chi connectivity index (χ1n) is 11.4. The fourth-order valence-electron chi connectivity index (χ4n) is 4.22. The van der Waals surface area contributed by atoms with Crippen molar-refractivity contribution >= 4 is 43.8 Å². The minimum absolute atomic E-state index is 0.0476. The van der Waals surface area contributed by atoms with Gasteiger partial charge in [-0.2, -0.15) is 5.10 Å². The Morgan fingerprint density at radius 3 is 2.50 bits per heavy atom. The van der Waals surface area contributed by atoms with Crippen molar-refractivity contribution in [3.8, 4) is 0 Å². The summed E-state index contributed by atoms with van der Waals surface area (Å²) in [5.41, 5.74) is 8.32. The second-order valence-corrected chi connectivity index (χ2v) is 10.7. The zero-order chi connectivity index (χ0) is 25.4. The fraction of sp³-hybridized carbons (Fsp3) is 0.200. The van der Waals surface area contributed by atoms with E-state index in [0.717, 1.165) is 37.9 Å². The van der Waals surface area contributed by atoms with E-state index in [0.29, 0.717) is 16.6 Å². The van der Waals surface area contributed by atoms with Crippen LogP contribution in [0.2, 0.25) is 0 Å². The second kappa shape index (κ2) is 9.25. The maximum absolute atomic E-state index is 13.6. The number of nitrogens with zero attached hydrogens (tertiary/aromatic N) is 3. The van der Waals surface area contributed by atoms with Gasteiger partial charge in [-0.3, -0.25) is 9.89 Å². The van der Waals surface area contributed by atoms with Crippen LogP contribution in [-0.2, 0) is 9.84 Å². The molecule has 9 nitrogen and oxygen atoms in total. The minimum Gasteiger partial charge on any atom is -0.398 e. The van der Waals surface area contributed by atoms with E-state index in [9.17, 15) is 17.6 Å². The normalized spacial score (nSPS) is 14.8. The molecule has 0 bridgehead atoms. The monoisotopic (exact) mass is 508 g/mol. The third kappa shape index (κ3) is 4.50. The summed E-state index contributed by atoms with van der Waals surface area (Å²) in [4.78, 5) is 17.3. The van der Waals surface area contributed by atoms with E-state index < -0.39 is 21.6 Å². The number of aromatic nitrogens is 2. The number of H-pyrrole nitrogens is 1. The smallest absolute Gasteiger partial charge is 0.258 e. The highest BCUT2D eigenvalue weighted by molar-refractivity contribution is 7.91. The number of benzene rings is 3. The lowest BCUT2D eigenvalue weighted by Crippen LogP contribution is -2.44. The zero-order valence-corrected chi connectivity index (χ0v) is 20.3. The van der Waals surface area contributed by atoms with Crippen LogP contribution in [0.1, 0.15) is 10.4 Å². The van der Waals surface area contributed by atoms with Crippen molar-refractivity contribution in [3.05, 3.63) is 72.0 Å². The van der Waals surface area contributed by atoms with Gasteiger partial charge in [-0.25, -0.2) is 12.8 Å². The summed E-state index contributed by atoms with van der Waals surface area (Å²) in [6.07, 6.45) is 0. The third-order valence-corrected chi connectivity index (χ3v) is 8.08. The van der Waals surface area contributed by atoms with E-state index in [1.165, 1.54) is 30.3 Å². The molecule has 1 fully saturated rings. The molecule has 36 heavy (non-hydrogen) atoms. The average Bonchev–Trinajstić information content (AvgIpc) is 3.26. The van der Waals surface area contributed by atoms with E-state index in [4.69, 9.17) is 5.73 Å². The molecule has 1 aromatic heterocycles. The van der Waals surface area contributed by atoms with Gasteiger partial charge in [-0.15, -0.1) is 0 Å². The Morgan fingerprint density at radius 1 is 1.03 bits per heavy atom. The predicted octanol–water partition coefficient (Wildman–Crippen LogP) is 3.12. The van der Waals surface area contributed by atoms with E-state index in [1.54, 1.807) is 18.2 Å².